The molecule has 5 heteroatoms. The Kier molecular flexibility index (Phi) is 4.61. The van der Waals surface area contributed by atoms with Crippen molar-refractivity contribution in [2.45, 2.75) is 0 Å². The van der Waals surface area contributed by atoms with Crippen LogP contribution >= 0.6 is 0 Å². The molecule has 4 rings (SSSR count). The van der Waals surface area contributed by atoms with Gasteiger partial charge in [-0.15, -0.1) is 0 Å². The molecule has 3 aromatic rings. The minimum Gasteiger partial charge on any atom is -0.497 e. The second kappa shape index (κ2) is 7.09. The summed E-state index contributed by atoms with van der Waals surface area (Å²) in [6.07, 6.45) is 0. The number of likely N-dealkylation sites (N-methyl/N-ethyl adjacent to an activating group) is 1. The lowest BCUT2D eigenvalue weighted by molar-refractivity contribution is 0.0601. The molecule has 0 spiro atoms. The summed E-state index contributed by atoms with van der Waals surface area (Å²) >= 11 is 0. The molecule has 3 aromatic carbocycles. The molecule has 0 aromatic heterocycles. The predicted molar refractivity (Wildman–Crippen MR) is 110 cm³/mol. The molecule has 1 aliphatic heterocycles. The molecule has 0 saturated heterocycles. The second-order valence-corrected chi connectivity index (χ2v) is 7.18. The summed E-state index contributed by atoms with van der Waals surface area (Å²) in [6.45, 7) is 1.01. The maximum Gasteiger partial charge on any atom is 0.261 e. The number of carbonyl (C=O) groups is 2. The monoisotopic (exact) mass is 374 g/mol. The molecule has 0 fully saturated rings. The Morgan fingerprint density at radius 3 is 2.14 bits per heavy atom. The second-order valence-electron chi connectivity index (χ2n) is 7.18. The van der Waals surface area contributed by atoms with E-state index in [1.165, 1.54) is 4.90 Å². The van der Waals surface area contributed by atoms with Crippen molar-refractivity contribution in [2.75, 3.05) is 34.3 Å². The minimum atomic E-state index is -0.225. The van der Waals surface area contributed by atoms with E-state index < -0.39 is 0 Å². The molecule has 0 aliphatic carbocycles. The number of amides is 2. The van der Waals surface area contributed by atoms with Crippen molar-refractivity contribution >= 4 is 22.6 Å². The first kappa shape index (κ1) is 18.2. The van der Waals surface area contributed by atoms with Gasteiger partial charge >= 0.3 is 0 Å². The maximum atomic E-state index is 13.0. The normalized spacial score (nSPS) is 13.5. The Hall–Kier alpha value is -3.18. The summed E-state index contributed by atoms with van der Waals surface area (Å²) in [6, 6.07) is 17.2. The summed E-state index contributed by atoms with van der Waals surface area (Å²) in [4.78, 5) is 29.4. The lowest BCUT2D eigenvalue weighted by atomic mass is 9.89. The van der Waals surface area contributed by atoms with Gasteiger partial charge in [0.25, 0.3) is 11.8 Å². The van der Waals surface area contributed by atoms with Crippen molar-refractivity contribution in [1.82, 2.24) is 9.80 Å². The van der Waals surface area contributed by atoms with Crippen LogP contribution in [0.2, 0.25) is 0 Å². The molecule has 142 valence electrons. The lowest BCUT2D eigenvalue weighted by Crippen LogP contribution is -2.43. The molecule has 0 bridgehead atoms. The Balaban J connectivity index is 1.85. The topological polar surface area (TPSA) is 49.9 Å². The van der Waals surface area contributed by atoms with Crippen molar-refractivity contribution < 1.29 is 14.3 Å². The van der Waals surface area contributed by atoms with Gasteiger partial charge in [0.1, 0.15) is 5.75 Å². The van der Waals surface area contributed by atoms with Crippen molar-refractivity contribution in [3.8, 4) is 16.9 Å². The zero-order chi connectivity index (χ0) is 19.8. The van der Waals surface area contributed by atoms with Crippen molar-refractivity contribution in [2.24, 2.45) is 0 Å². The van der Waals surface area contributed by atoms with Crippen LogP contribution in [0.3, 0.4) is 0 Å². The van der Waals surface area contributed by atoms with Crippen LogP contribution < -0.4 is 4.74 Å². The number of hydrogen-bond donors (Lipinski definition) is 0. The third kappa shape index (κ3) is 2.94. The van der Waals surface area contributed by atoms with Crippen molar-refractivity contribution in [3.05, 3.63) is 65.7 Å². The fourth-order valence-electron chi connectivity index (χ4n) is 3.67. The fraction of sp³-hybridized carbons (Fsp3) is 0.217. The average Bonchev–Trinajstić information content (AvgIpc) is 2.71. The van der Waals surface area contributed by atoms with Crippen molar-refractivity contribution in [3.63, 3.8) is 0 Å². The number of imide groups is 1. The summed E-state index contributed by atoms with van der Waals surface area (Å²) < 4.78 is 5.24. The predicted octanol–water partition coefficient (Wildman–Crippen LogP) is 3.67. The van der Waals surface area contributed by atoms with Crippen LogP contribution in [0, 0.1) is 0 Å². The van der Waals surface area contributed by atoms with Gasteiger partial charge in [-0.3, -0.25) is 14.5 Å². The molecule has 0 N–H and O–H groups in total. The molecule has 2 amide bonds. The summed E-state index contributed by atoms with van der Waals surface area (Å²) in [5.41, 5.74) is 3.17. The van der Waals surface area contributed by atoms with Crippen LogP contribution in [0.1, 0.15) is 20.7 Å². The Morgan fingerprint density at radius 2 is 1.50 bits per heavy atom. The first-order valence-corrected chi connectivity index (χ1v) is 9.22. The number of carbonyl (C=O) groups excluding carboxylic acids is 2. The summed E-state index contributed by atoms with van der Waals surface area (Å²) in [5.74, 6) is 0.335. The van der Waals surface area contributed by atoms with Gasteiger partial charge in [-0.2, -0.15) is 0 Å². The molecule has 28 heavy (non-hydrogen) atoms. The van der Waals surface area contributed by atoms with Crippen LogP contribution in [0.4, 0.5) is 0 Å². The van der Waals surface area contributed by atoms with Crippen LogP contribution in [-0.2, 0) is 0 Å². The zero-order valence-electron chi connectivity index (χ0n) is 16.2. The van der Waals surface area contributed by atoms with Gasteiger partial charge in [0.15, 0.2) is 0 Å². The maximum absolute atomic E-state index is 13.0. The quantitative estimate of drug-likeness (QED) is 0.640. The number of rotatable bonds is 5. The van der Waals surface area contributed by atoms with E-state index in [0.717, 1.165) is 27.6 Å². The third-order valence-electron chi connectivity index (χ3n) is 5.16. The summed E-state index contributed by atoms with van der Waals surface area (Å²) in [7, 11) is 5.49. The number of methoxy groups -OCH3 is 1. The Morgan fingerprint density at radius 1 is 0.857 bits per heavy atom. The van der Waals surface area contributed by atoms with E-state index in [4.69, 9.17) is 4.74 Å². The first-order valence-electron chi connectivity index (χ1n) is 9.22. The molecule has 1 aliphatic rings. The highest BCUT2D eigenvalue weighted by Gasteiger charge is 2.33. The van der Waals surface area contributed by atoms with Gasteiger partial charge in [-0.25, -0.2) is 0 Å². The van der Waals surface area contributed by atoms with Gasteiger partial charge in [-0.1, -0.05) is 30.3 Å². The van der Waals surface area contributed by atoms with Crippen LogP contribution in [0.25, 0.3) is 21.9 Å². The smallest absolute Gasteiger partial charge is 0.261 e. The number of hydrogen-bond acceptors (Lipinski definition) is 4. The highest BCUT2D eigenvalue weighted by Crippen LogP contribution is 2.36. The van der Waals surface area contributed by atoms with Crippen LogP contribution in [0.15, 0.2) is 54.6 Å². The van der Waals surface area contributed by atoms with E-state index in [1.807, 2.05) is 67.5 Å². The van der Waals surface area contributed by atoms with E-state index >= 15 is 0 Å². The van der Waals surface area contributed by atoms with E-state index in [1.54, 1.807) is 13.2 Å². The number of benzene rings is 3. The number of nitrogens with zero attached hydrogens (tertiary/aromatic N) is 2. The molecule has 0 atom stereocenters. The Bertz CT molecular complexity index is 1050. The third-order valence-corrected chi connectivity index (χ3v) is 5.16. The minimum absolute atomic E-state index is 0.225. The largest absolute Gasteiger partial charge is 0.497 e. The molecule has 0 radical (unpaired) electrons. The fourth-order valence-corrected chi connectivity index (χ4v) is 3.67. The highest BCUT2D eigenvalue weighted by atomic mass is 16.5. The van der Waals surface area contributed by atoms with Crippen LogP contribution in [0.5, 0.6) is 5.75 Å². The van der Waals surface area contributed by atoms with Gasteiger partial charge < -0.3 is 9.64 Å². The van der Waals surface area contributed by atoms with E-state index in [2.05, 4.69) is 0 Å². The molecule has 5 nitrogen and oxygen atoms in total. The van der Waals surface area contributed by atoms with Gasteiger partial charge in [0, 0.05) is 29.6 Å². The first-order chi connectivity index (χ1) is 13.5. The zero-order valence-corrected chi connectivity index (χ0v) is 16.2. The summed E-state index contributed by atoms with van der Waals surface area (Å²) in [5, 5.41) is 1.65. The van der Waals surface area contributed by atoms with E-state index in [-0.39, 0.29) is 11.8 Å². The van der Waals surface area contributed by atoms with E-state index in [0.29, 0.717) is 24.2 Å². The van der Waals surface area contributed by atoms with Gasteiger partial charge in [-0.05, 0) is 54.9 Å². The Labute approximate surface area is 164 Å². The number of ether oxygens (including phenoxy) is 1. The van der Waals surface area contributed by atoms with Crippen LogP contribution in [-0.4, -0.2) is 55.9 Å². The highest BCUT2D eigenvalue weighted by molar-refractivity contribution is 6.26. The molecule has 0 unspecified atom stereocenters. The molecule has 1 heterocycles. The lowest BCUT2D eigenvalue weighted by Gasteiger charge is -2.28. The average molecular weight is 374 g/mol. The molecular formula is C23H22N2O3. The standard InChI is InChI=1S/C23H22N2O3/c1-24(2)13-14-25-22(26)19-6-4-5-18-17(11-12-20(21(18)19)23(25)27)15-7-9-16(28-3)10-8-15/h4-12H,13-14H2,1-3H3. The SMILES string of the molecule is COc1ccc(-c2ccc3c4c(cccc24)C(=O)N(CCN(C)C)C3=O)cc1. The molecular weight excluding hydrogens is 352 g/mol. The van der Waals surface area contributed by atoms with Gasteiger partial charge in [0.2, 0.25) is 0 Å². The van der Waals surface area contributed by atoms with E-state index in [9.17, 15) is 9.59 Å². The van der Waals surface area contributed by atoms with Gasteiger partial charge in [0.05, 0.1) is 7.11 Å². The molecule has 0 saturated carbocycles. The van der Waals surface area contributed by atoms with Crippen molar-refractivity contribution in [1.29, 1.82) is 0 Å².